The van der Waals surface area contributed by atoms with Gasteiger partial charge in [-0.3, -0.25) is 4.79 Å². The fourth-order valence-electron chi connectivity index (χ4n) is 1.76. The lowest BCUT2D eigenvalue weighted by molar-refractivity contribution is -0.136. The minimum Gasteiger partial charge on any atom is -0.481 e. The highest BCUT2D eigenvalue weighted by molar-refractivity contribution is 5.67. The Bertz CT molecular complexity index is 348. The SMILES string of the molecule is CC(C)C(C)N(CCC(=O)O)c1ccccc1. The molecule has 1 aromatic carbocycles. The molecule has 3 heteroatoms. The number of carboxylic acids is 1. The van der Waals surface area contributed by atoms with E-state index in [4.69, 9.17) is 5.11 Å². The van der Waals surface area contributed by atoms with Crippen molar-refractivity contribution in [2.45, 2.75) is 33.2 Å². The van der Waals surface area contributed by atoms with Gasteiger partial charge in [0.1, 0.15) is 0 Å². The van der Waals surface area contributed by atoms with Gasteiger partial charge in [-0.05, 0) is 25.0 Å². The van der Waals surface area contributed by atoms with E-state index in [0.717, 1.165) is 5.69 Å². The van der Waals surface area contributed by atoms with Crippen LogP contribution >= 0.6 is 0 Å². The Balaban J connectivity index is 2.82. The highest BCUT2D eigenvalue weighted by Crippen LogP contribution is 2.20. The number of nitrogens with zero attached hydrogens (tertiary/aromatic N) is 1. The van der Waals surface area contributed by atoms with Crippen molar-refractivity contribution in [1.29, 1.82) is 0 Å². The molecular formula is C14H21NO2. The van der Waals surface area contributed by atoms with Crippen molar-refractivity contribution >= 4 is 11.7 Å². The van der Waals surface area contributed by atoms with E-state index in [0.29, 0.717) is 18.5 Å². The molecule has 0 aliphatic carbocycles. The second-order valence-corrected chi connectivity index (χ2v) is 4.66. The summed E-state index contributed by atoms with van der Waals surface area (Å²) in [6.07, 6.45) is 0.173. The number of anilines is 1. The molecule has 0 aliphatic heterocycles. The lowest BCUT2D eigenvalue weighted by Gasteiger charge is -2.33. The molecule has 0 spiro atoms. The molecule has 1 aromatic rings. The van der Waals surface area contributed by atoms with Gasteiger partial charge in [0, 0.05) is 18.3 Å². The lowest BCUT2D eigenvalue weighted by atomic mass is 10.0. The van der Waals surface area contributed by atoms with Gasteiger partial charge < -0.3 is 10.0 Å². The van der Waals surface area contributed by atoms with Crippen molar-refractivity contribution in [3.05, 3.63) is 30.3 Å². The first-order valence-electron chi connectivity index (χ1n) is 6.06. The predicted molar refractivity (Wildman–Crippen MR) is 70.3 cm³/mol. The van der Waals surface area contributed by atoms with Gasteiger partial charge in [0.15, 0.2) is 0 Å². The van der Waals surface area contributed by atoms with Crippen LogP contribution in [0.25, 0.3) is 0 Å². The minimum absolute atomic E-state index is 0.173. The molecule has 0 radical (unpaired) electrons. The number of carbonyl (C=O) groups is 1. The first kappa shape index (κ1) is 13.6. The molecule has 1 rings (SSSR count). The highest BCUT2D eigenvalue weighted by atomic mass is 16.4. The van der Waals surface area contributed by atoms with Gasteiger partial charge in [-0.2, -0.15) is 0 Å². The molecule has 0 fully saturated rings. The van der Waals surface area contributed by atoms with Crippen molar-refractivity contribution in [2.24, 2.45) is 5.92 Å². The second-order valence-electron chi connectivity index (χ2n) is 4.66. The summed E-state index contributed by atoms with van der Waals surface area (Å²) in [6.45, 7) is 7.00. The van der Waals surface area contributed by atoms with E-state index in [2.05, 4.69) is 25.7 Å². The van der Waals surface area contributed by atoms with Crippen molar-refractivity contribution in [1.82, 2.24) is 0 Å². The maximum absolute atomic E-state index is 10.7. The molecule has 17 heavy (non-hydrogen) atoms. The van der Waals surface area contributed by atoms with E-state index in [-0.39, 0.29) is 6.42 Å². The van der Waals surface area contributed by atoms with Crippen LogP contribution in [-0.2, 0) is 4.79 Å². The van der Waals surface area contributed by atoms with E-state index in [1.807, 2.05) is 30.3 Å². The number of benzene rings is 1. The molecule has 0 aromatic heterocycles. The zero-order valence-corrected chi connectivity index (χ0v) is 10.8. The molecule has 0 saturated carbocycles. The Kier molecular flexibility index (Phi) is 5.01. The summed E-state index contributed by atoms with van der Waals surface area (Å²) in [5.41, 5.74) is 1.09. The van der Waals surface area contributed by atoms with E-state index in [9.17, 15) is 4.79 Å². The average Bonchev–Trinajstić information content (AvgIpc) is 2.30. The summed E-state index contributed by atoms with van der Waals surface area (Å²) in [6, 6.07) is 10.3. The molecule has 94 valence electrons. The zero-order chi connectivity index (χ0) is 12.8. The summed E-state index contributed by atoms with van der Waals surface area (Å²) in [5, 5.41) is 8.80. The van der Waals surface area contributed by atoms with Gasteiger partial charge in [-0.15, -0.1) is 0 Å². The summed E-state index contributed by atoms with van der Waals surface area (Å²) in [4.78, 5) is 12.9. The van der Waals surface area contributed by atoms with Crippen LogP contribution in [0.5, 0.6) is 0 Å². The third kappa shape index (κ3) is 4.10. The highest BCUT2D eigenvalue weighted by Gasteiger charge is 2.18. The molecule has 0 amide bonds. The molecule has 0 bridgehead atoms. The maximum Gasteiger partial charge on any atom is 0.305 e. The second kappa shape index (κ2) is 6.28. The van der Waals surface area contributed by atoms with E-state index < -0.39 is 5.97 Å². The molecule has 1 unspecified atom stereocenters. The largest absolute Gasteiger partial charge is 0.481 e. The Morgan fingerprint density at radius 2 is 1.82 bits per heavy atom. The van der Waals surface area contributed by atoms with E-state index in [1.165, 1.54) is 0 Å². The molecule has 0 aliphatic rings. The van der Waals surface area contributed by atoms with Gasteiger partial charge in [0.25, 0.3) is 0 Å². The molecular weight excluding hydrogens is 214 g/mol. The zero-order valence-electron chi connectivity index (χ0n) is 10.8. The third-order valence-electron chi connectivity index (χ3n) is 3.11. The number of carboxylic acid groups (broad SMARTS) is 1. The third-order valence-corrected chi connectivity index (χ3v) is 3.11. The van der Waals surface area contributed by atoms with E-state index >= 15 is 0 Å². The van der Waals surface area contributed by atoms with Crippen LogP contribution in [0.15, 0.2) is 30.3 Å². The minimum atomic E-state index is -0.748. The standard InChI is InChI=1S/C14H21NO2/c1-11(2)12(3)15(10-9-14(16)17)13-7-5-4-6-8-13/h4-8,11-12H,9-10H2,1-3H3,(H,16,17). The number of aliphatic carboxylic acids is 1. The number of para-hydroxylation sites is 1. The first-order valence-corrected chi connectivity index (χ1v) is 6.06. The van der Waals surface area contributed by atoms with Crippen LogP contribution in [0, 0.1) is 5.92 Å². The van der Waals surface area contributed by atoms with Crippen LogP contribution < -0.4 is 4.90 Å². The van der Waals surface area contributed by atoms with Crippen molar-refractivity contribution < 1.29 is 9.90 Å². The van der Waals surface area contributed by atoms with Crippen molar-refractivity contribution in [2.75, 3.05) is 11.4 Å². The smallest absolute Gasteiger partial charge is 0.305 e. The Hall–Kier alpha value is -1.51. The predicted octanol–water partition coefficient (Wildman–Crippen LogP) is 3.01. The van der Waals surface area contributed by atoms with Crippen molar-refractivity contribution in [3.8, 4) is 0 Å². The quantitative estimate of drug-likeness (QED) is 0.824. The Labute approximate surface area is 103 Å². The topological polar surface area (TPSA) is 40.5 Å². The molecule has 0 saturated heterocycles. The van der Waals surface area contributed by atoms with Gasteiger partial charge in [0.05, 0.1) is 6.42 Å². The van der Waals surface area contributed by atoms with E-state index in [1.54, 1.807) is 0 Å². The van der Waals surface area contributed by atoms with Gasteiger partial charge in [-0.1, -0.05) is 32.0 Å². The fraction of sp³-hybridized carbons (Fsp3) is 0.500. The van der Waals surface area contributed by atoms with Crippen LogP contribution in [-0.4, -0.2) is 23.7 Å². The Morgan fingerprint density at radius 1 is 1.24 bits per heavy atom. The number of hydrogen-bond acceptors (Lipinski definition) is 2. The number of rotatable bonds is 6. The summed E-state index contributed by atoms with van der Waals surface area (Å²) < 4.78 is 0. The van der Waals surface area contributed by atoms with Gasteiger partial charge in [-0.25, -0.2) is 0 Å². The van der Waals surface area contributed by atoms with Crippen molar-refractivity contribution in [3.63, 3.8) is 0 Å². The van der Waals surface area contributed by atoms with Crippen LogP contribution in [0.2, 0.25) is 0 Å². The fourth-order valence-corrected chi connectivity index (χ4v) is 1.76. The monoisotopic (exact) mass is 235 g/mol. The first-order chi connectivity index (χ1) is 8.02. The summed E-state index contributed by atoms with van der Waals surface area (Å²) in [7, 11) is 0. The van der Waals surface area contributed by atoms with Crippen LogP contribution in [0.3, 0.4) is 0 Å². The molecule has 1 atom stereocenters. The van der Waals surface area contributed by atoms with Gasteiger partial charge >= 0.3 is 5.97 Å². The molecule has 1 N–H and O–H groups in total. The Morgan fingerprint density at radius 3 is 2.29 bits per heavy atom. The number of hydrogen-bond donors (Lipinski definition) is 1. The normalized spacial score (nSPS) is 12.5. The maximum atomic E-state index is 10.7. The average molecular weight is 235 g/mol. The summed E-state index contributed by atoms with van der Waals surface area (Å²) >= 11 is 0. The van der Waals surface area contributed by atoms with Gasteiger partial charge in [0.2, 0.25) is 0 Å². The molecule has 0 heterocycles. The molecule has 3 nitrogen and oxygen atoms in total. The summed E-state index contributed by atoms with van der Waals surface area (Å²) in [5.74, 6) is -0.258. The van der Waals surface area contributed by atoms with Crippen LogP contribution in [0.1, 0.15) is 27.2 Å². The van der Waals surface area contributed by atoms with Crippen LogP contribution in [0.4, 0.5) is 5.69 Å². The lowest BCUT2D eigenvalue weighted by Crippen LogP contribution is -2.38.